The Labute approximate surface area is 65.1 Å². The zero-order valence-electron chi connectivity index (χ0n) is 4.03. The second-order valence-electron chi connectivity index (χ2n) is 1.96. The van der Waals surface area contributed by atoms with Gasteiger partial charge in [0.1, 0.15) is 13.9 Å². The van der Waals surface area contributed by atoms with Crippen molar-refractivity contribution in [1.29, 1.82) is 0 Å². The van der Waals surface area contributed by atoms with E-state index in [1.54, 1.807) is 11.3 Å². The zero-order valence-corrected chi connectivity index (χ0v) is 10.9. The third-order valence-electron chi connectivity index (χ3n) is 1.35. The van der Waals surface area contributed by atoms with Crippen LogP contribution in [0.15, 0.2) is 0 Å². The summed E-state index contributed by atoms with van der Waals surface area (Å²) in [5, 5.41) is 0. The van der Waals surface area contributed by atoms with E-state index < -0.39 is 0 Å². The molecule has 42 valence electrons. The summed E-state index contributed by atoms with van der Waals surface area (Å²) in [6.07, 6.45) is 0. The van der Waals surface area contributed by atoms with Crippen molar-refractivity contribution in [3.63, 3.8) is 0 Å². The van der Waals surface area contributed by atoms with Crippen molar-refractivity contribution in [3.05, 3.63) is 0 Å². The van der Waals surface area contributed by atoms with Gasteiger partial charge in [-0.25, -0.2) is 0 Å². The molecule has 1 fully saturated rings. The van der Waals surface area contributed by atoms with Crippen LogP contribution in [0.4, 0.5) is 0 Å². The molecule has 1 aliphatic heterocycles. The monoisotopic (exact) mass is 274 g/mol. The van der Waals surface area contributed by atoms with Gasteiger partial charge in [0.25, 0.3) is 0 Å². The molecule has 0 radical (unpaired) electrons. The van der Waals surface area contributed by atoms with Gasteiger partial charge in [-0.05, 0) is 0 Å². The quantitative estimate of drug-likeness (QED) is 0.444. The van der Waals surface area contributed by atoms with Gasteiger partial charge in [-0.3, -0.25) is 0 Å². The van der Waals surface area contributed by atoms with Crippen LogP contribution in [-0.2, 0) is 0 Å². The van der Waals surface area contributed by atoms with E-state index in [1.807, 2.05) is 0 Å². The van der Waals surface area contributed by atoms with Crippen LogP contribution in [0.5, 0.6) is 0 Å². The van der Waals surface area contributed by atoms with Crippen molar-refractivity contribution in [3.8, 4) is 0 Å². The van der Waals surface area contributed by atoms with Gasteiger partial charge in [0.2, 0.25) is 0 Å². The molecule has 0 amide bonds. The van der Waals surface area contributed by atoms with Crippen molar-refractivity contribution in [2.45, 2.75) is 11.3 Å². The van der Waals surface area contributed by atoms with Gasteiger partial charge in [-0.1, -0.05) is 11.3 Å². The van der Waals surface area contributed by atoms with Crippen molar-refractivity contribution in [1.82, 2.24) is 0 Å². The molecule has 0 aromatic carbocycles. The second-order valence-corrected chi connectivity index (χ2v) is 27.1. The predicted octanol–water partition coefficient (Wildman–Crippen LogP) is 0.400. The topological polar surface area (TPSA) is 0 Å². The van der Waals surface area contributed by atoms with E-state index in [-0.39, 0.29) is 13.9 Å². The maximum absolute atomic E-state index is 3.79. The van der Waals surface area contributed by atoms with E-state index in [4.69, 9.17) is 0 Å². The molecule has 0 aromatic heterocycles. The van der Waals surface area contributed by atoms with Gasteiger partial charge >= 0.3 is 0 Å². The fraction of sp³-hybridized carbons (Fsp3) is 1.00. The minimum Gasteiger partial charge on any atom is -0.134 e. The van der Waals surface area contributed by atoms with Crippen LogP contribution < -0.4 is 0 Å². The molecule has 0 spiro atoms. The Morgan fingerprint density at radius 2 is 1.57 bits per heavy atom. The van der Waals surface area contributed by atoms with E-state index in [2.05, 4.69) is 30.6 Å². The summed E-state index contributed by atoms with van der Waals surface area (Å²) in [6.45, 7) is -0.427. The van der Waals surface area contributed by atoms with E-state index in [9.17, 15) is 0 Å². The second kappa shape index (κ2) is 2.95. The highest BCUT2D eigenvalue weighted by molar-refractivity contribution is 9.34. The lowest BCUT2D eigenvalue weighted by Crippen LogP contribution is -2.14. The van der Waals surface area contributed by atoms with E-state index in [1.165, 1.54) is 0 Å². The van der Waals surface area contributed by atoms with Crippen LogP contribution in [0.3, 0.4) is 0 Å². The molecule has 0 nitrogen and oxygen atoms in total. The summed E-state index contributed by atoms with van der Waals surface area (Å²) in [5.41, 5.74) is 3.37. The van der Waals surface area contributed by atoms with Crippen molar-refractivity contribution >= 4 is 54.0 Å². The van der Waals surface area contributed by atoms with E-state index in [0.29, 0.717) is 9.52 Å². The molecule has 1 aliphatic rings. The molecule has 1 rings (SSSR count). The Morgan fingerprint density at radius 3 is 1.71 bits per heavy atom. The maximum Gasteiger partial charge on any atom is 0.113 e. The highest BCUT2D eigenvalue weighted by Crippen LogP contribution is 2.20. The first-order chi connectivity index (χ1) is 3.30. The lowest BCUT2D eigenvalue weighted by atomic mass is 11.8. The molecule has 5 heteroatoms. The third-order valence-corrected chi connectivity index (χ3v) is 44.3. The predicted molar refractivity (Wildman–Crippen MR) is 50.3 cm³/mol. The summed E-state index contributed by atoms with van der Waals surface area (Å²) < 4.78 is 0. The molecular weight excluding hydrogens is 268 g/mol. The first kappa shape index (κ1) is 6.73. The summed E-state index contributed by atoms with van der Waals surface area (Å²) >= 11 is 7.58. The van der Waals surface area contributed by atoms with Gasteiger partial charge in [0, 0.05) is 9.52 Å². The number of hydrogen-bond donors (Lipinski definition) is 0. The summed E-state index contributed by atoms with van der Waals surface area (Å²) in [4.78, 5) is 0. The molecule has 1 saturated heterocycles. The Hall–Kier alpha value is 1.61. The summed E-state index contributed by atoms with van der Waals surface area (Å²) in [5.74, 6) is 0. The molecular formula is C2H8Br2Si3. The number of halogens is 2. The van der Waals surface area contributed by atoms with Crippen LogP contribution in [0.25, 0.3) is 0 Å². The van der Waals surface area contributed by atoms with Crippen molar-refractivity contribution in [2.75, 3.05) is 0 Å². The molecule has 7 heavy (non-hydrogen) atoms. The van der Waals surface area contributed by atoms with Gasteiger partial charge in [0.15, 0.2) is 0 Å². The average Bonchev–Trinajstić information content (AvgIpc) is 1.91. The maximum atomic E-state index is 3.79. The standard InChI is InChI=1S/C2H8Br2Si3/c3-6-1-5-2-7(6)4/h6-7H,1-2,5H2. The van der Waals surface area contributed by atoms with Crippen LogP contribution >= 0.6 is 30.6 Å². The van der Waals surface area contributed by atoms with Crippen molar-refractivity contribution in [2.24, 2.45) is 0 Å². The minimum absolute atomic E-state index is 0.214. The fourth-order valence-electron chi connectivity index (χ4n) is 0.870. The largest absolute Gasteiger partial charge is 0.134 e. The van der Waals surface area contributed by atoms with Crippen LogP contribution in [0, 0.1) is 0 Å². The van der Waals surface area contributed by atoms with E-state index in [0.717, 1.165) is 0 Å². The molecule has 0 aliphatic carbocycles. The Morgan fingerprint density at radius 1 is 1.14 bits per heavy atom. The minimum atomic E-state index is -0.214. The molecule has 0 N–H and O–H groups in total. The first-order valence-corrected chi connectivity index (χ1v) is 15.3. The van der Waals surface area contributed by atoms with Gasteiger partial charge in [0.05, 0.1) is 0 Å². The molecule has 2 atom stereocenters. The molecule has 0 bridgehead atoms. The number of rotatable bonds is 0. The van der Waals surface area contributed by atoms with Gasteiger partial charge in [-0.15, -0.1) is 30.6 Å². The normalized spacial score (nSPS) is 45.4. The lowest BCUT2D eigenvalue weighted by molar-refractivity contribution is 1.95. The third kappa shape index (κ3) is 1.78. The molecule has 0 aromatic rings. The Balaban J connectivity index is 2.33. The molecule has 0 saturated carbocycles. The summed E-state index contributed by atoms with van der Waals surface area (Å²) in [7, 11) is 0.478. The zero-order chi connectivity index (χ0) is 5.28. The fourth-order valence-corrected chi connectivity index (χ4v) is 40.8. The van der Waals surface area contributed by atoms with Crippen LogP contribution in [0.2, 0.25) is 11.3 Å². The smallest absolute Gasteiger partial charge is 0.113 e. The highest BCUT2D eigenvalue weighted by atomic mass is 79.9. The Kier molecular flexibility index (Phi) is 2.84. The summed E-state index contributed by atoms with van der Waals surface area (Å²) in [6, 6.07) is 0. The van der Waals surface area contributed by atoms with Crippen molar-refractivity contribution < 1.29 is 0 Å². The van der Waals surface area contributed by atoms with E-state index >= 15 is 0 Å². The molecule has 2 unspecified atom stereocenters. The highest BCUT2D eigenvalue weighted by Gasteiger charge is 2.25. The van der Waals surface area contributed by atoms with Gasteiger partial charge in [-0.2, -0.15) is 0 Å². The number of hydrogen-bond acceptors (Lipinski definition) is 0. The first-order valence-electron chi connectivity index (χ1n) is 2.59. The van der Waals surface area contributed by atoms with Crippen LogP contribution in [-0.4, -0.2) is 23.4 Å². The van der Waals surface area contributed by atoms with Crippen LogP contribution in [0.1, 0.15) is 0 Å². The Bertz CT molecular complexity index is 60.0. The SMILES string of the molecule is Br[SiH]1C[SiH2]C[SiH]1Br. The van der Waals surface area contributed by atoms with Gasteiger partial charge < -0.3 is 0 Å². The lowest BCUT2D eigenvalue weighted by Gasteiger charge is -1.96. The average molecular weight is 276 g/mol. The molecule has 1 heterocycles.